The summed E-state index contributed by atoms with van der Waals surface area (Å²) in [6.07, 6.45) is 1.64. The van der Waals surface area contributed by atoms with Crippen LogP contribution >= 0.6 is 0 Å². The number of rotatable bonds is 4. The van der Waals surface area contributed by atoms with Crippen molar-refractivity contribution in [2.24, 2.45) is 5.41 Å². The third-order valence-corrected chi connectivity index (χ3v) is 3.18. The minimum absolute atomic E-state index is 0.0358. The highest BCUT2D eigenvalue weighted by atomic mass is 16.5. The minimum atomic E-state index is -0.205. The standard InChI is InChI=1S/C13H18N2O3/c1-3-15-5-4-10(6-11(15)16)12(17)14-7-13(2)8-18-9-13/h4-6H,3,7-9H2,1-2H3,(H,14,17). The van der Waals surface area contributed by atoms with E-state index in [9.17, 15) is 9.59 Å². The molecule has 1 aliphatic rings. The number of hydrogen-bond donors (Lipinski definition) is 1. The lowest BCUT2D eigenvalue weighted by atomic mass is 9.89. The number of aromatic nitrogens is 1. The summed E-state index contributed by atoms with van der Waals surface area (Å²) in [4.78, 5) is 23.5. The second kappa shape index (κ2) is 4.94. The molecule has 0 unspecified atom stereocenters. The lowest BCUT2D eigenvalue weighted by molar-refractivity contribution is -0.0978. The number of pyridine rings is 1. The van der Waals surface area contributed by atoms with Crippen LogP contribution in [0.1, 0.15) is 24.2 Å². The Hall–Kier alpha value is -1.62. The van der Waals surface area contributed by atoms with Crippen molar-refractivity contribution < 1.29 is 9.53 Å². The van der Waals surface area contributed by atoms with Crippen molar-refractivity contribution in [3.8, 4) is 0 Å². The Morgan fingerprint density at radius 2 is 2.28 bits per heavy atom. The van der Waals surface area contributed by atoms with Gasteiger partial charge in [0.2, 0.25) is 0 Å². The maximum Gasteiger partial charge on any atom is 0.251 e. The third kappa shape index (κ3) is 2.61. The van der Waals surface area contributed by atoms with Crippen molar-refractivity contribution in [3.05, 3.63) is 34.2 Å². The van der Waals surface area contributed by atoms with Gasteiger partial charge in [-0.25, -0.2) is 0 Å². The molecule has 1 aromatic rings. The van der Waals surface area contributed by atoms with E-state index in [2.05, 4.69) is 12.2 Å². The first kappa shape index (κ1) is 12.8. The second-order valence-electron chi connectivity index (χ2n) is 5.03. The van der Waals surface area contributed by atoms with Crippen molar-refractivity contribution >= 4 is 5.91 Å². The topological polar surface area (TPSA) is 60.3 Å². The molecule has 0 saturated carbocycles. The summed E-state index contributed by atoms with van der Waals surface area (Å²) in [5, 5.41) is 2.84. The Morgan fingerprint density at radius 1 is 1.56 bits per heavy atom. The van der Waals surface area contributed by atoms with Crippen LogP contribution < -0.4 is 10.9 Å². The van der Waals surface area contributed by atoms with E-state index in [1.165, 1.54) is 6.07 Å². The average Bonchev–Trinajstić information content (AvgIpc) is 2.33. The minimum Gasteiger partial charge on any atom is -0.380 e. The van der Waals surface area contributed by atoms with Crippen LogP contribution in [0.3, 0.4) is 0 Å². The van der Waals surface area contributed by atoms with Gasteiger partial charge in [0.1, 0.15) is 0 Å². The van der Waals surface area contributed by atoms with Crippen molar-refractivity contribution in [1.82, 2.24) is 9.88 Å². The van der Waals surface area contributed by atoms with Gasteiger partial charge in [0, 0.05) is 36.3 Å². The molecule has 98 valence electrons. The van der Waals surface area contributed by atoms with Gasteiger partial charge in [0.15, 0.2) is 0 Å². The average molecular weight is 250 g/mol. The fourth-order valence-electron chi connectivity index (χ4n) is 1.86. The molecule has 0 atom stereocenters. The first-order valence-corrected chi connectivity index (χ1v) is 6.10. The van der Waals surface area contributed by atoms with Crippen LogP contribution in [0.25, 0.3) is 0 Å². The third-order valence-electron chi connectivity index (χ3n) is 3.18. The number of amides is 1. The summed E-state index contributed by atoms with van der Waals surface area (Å²) in [6.45, 7) is 6.47. The highest BCUT2D eigenvalue weighted by Crippen LogP contribution is 2.25. The van der Waals surface area contributed by atoms with E-state index in [0.29, 0.717) is 31.9 Å². The van der Waals surface area contributed by atoms with Gasteiger partial charge in [-0.3, -0.25) is 9.59 Å². The lowest BCUT2D eigenvalue weighted by Gasteiger charge is -2.38. The zero-order valence-electron chi connectivity index (χ0n) is 10.7. The molecular formula is C13H18N2O3. The van der Waals surface area contributed by atoms with E-state index in [4.69, 9.17) is 4.74 Å². The zero-order valence-corrected chi connectivity index (χ0v) is 10.7. The molecule has 0 spiro atoms. The molecule has 0 aliphatic carbocycles. The number of aryl methyl sites for hydroxylation is 1. The van der Waals surface area contributed by atoms with Crippen LogP contribution in [0.4, 0.5) is 0 Å². The highest BCUT2D eigenvalue weighted by Gasteiger charge is 2.33. The Kier molecular flexibility index (Phi) is 3.52. The van der Waals surface area contributed by atoms with Crippen LogP contribution in [0.5, 0.6) is 0 Å². The Morgan fingerprint density at radius 3 is 2.78 bits per heavy atom. The van der Waals surface area contributed by atoms with Gasteiger partial charge in [0.05, 0.1) is 13.2 Å². The van der Waals surface area contributed by atoms with Crippen LogP contribution in [-0.4, -0.2) is 30.2 Å². The molecule has 0 aromatic carbocycles. The number of carbonyl (C=O) groups excluding carboxylic acids is 1. The number of ether oxygens (including phenoxy) is 1. The maximum absolute atomic E-state index is 11.9. The first-order chi connectivity index (χ1) is 8.54. The molecule has 2 heterocycles. The zero-order chi connectivity index (χ0) is 13.2. The normalized spacial score (nSPS) is 17.0. The monoisotopic (exact) mass is 250 g/mol. The molecule has 1 amide bonds. The molecule has 18 heavy (non-hydrogen) atoms. The molecular weight excluding hydrogens is 232 g/mol. The van der Waals surface area contributed by atoms with E-state index >= 15 is 0 Å². The molecule has 1 N–H and O–H groups in total. The lowest BCUT2D eigenvalue weighted by Crippen LogP contribution is -2.48. The van der Waals surface area contributed by atoms with E-state index < -0.39 is 0 Å². The summed E-state index contributed by atoms with van der Waals surface area (Å²) in [5.74, 6) is -0.205. The predicted octanol–water partition coefficient (Wildman–Crippen LogP) is 0.634. The molecule has 2 rings (SSSR count). The summed E-state index contributed by atoms with van der Waals surface area (Å²) in [6, 6.07) is 3.04. The maximum atomic E-state index is 11.9. The van der Waals surface area contributed by atoms with Crippen LogP contribution in [0.2, 0.25) is 0 Å². The number of hydrogen-bond acceptors (Lipinski definition) is 3. The molecule has 5 heteroatoms. The van der Waals surface area contributed by atoms with Crippen molar-refractivity contribution in [1.29, 1.82) is 0 Å². The van der Waals surface area contributed by atoms with Crippen LogP contribution in [0.15, 0.2) is 23.1 Å². The Bertz CT molecular complexity index is 503. The highest BCUT2D eigenvalue weighted by molar-refractivity contribution is 5.93. The molecule has 1 aliphatic heterocycles. The molecule has 1 saturated heterocycles. The van der Waals surface area contributed by atoms with Crippen molar-refractivity contribution in [2.75, 3.05) is 19.8 Å². The van der Waals surface area contributed by atoms with E-state index in [-0.39, 0.29) is 16.9 Å². The first-order valence-electron chi connectivity index (χ1n) is 6.10. The molecule has 1 aromatic heterocycles. The van der Waals surface area contributed by atoms with Crippen LogP contribution in [-0.2, 0) is 11.3 Å². The van der Waals surface area contributed by atoms with Gasteiger partial charge < -0.3 is 14.6 Å². The second-order valence-corrected chi connectivity index (χ2v) is 5.03. The van der Waals surface area contributed by atoms with Gasteiger partial charge in [-0.1, -0.05) is 6.92 Å². The van der Waals surface area contributed by atoms with Gasteiger partial charge >= 0.3 is 0 Å². The van der Waals surface area contributed by atoms with E-state index in [1.807, 2.05) is 6.92 Å². The van der Waals surface area contributed by atoms with E-state index in [1.54, 1.807) is 16.8 Å². The smallest absolute Gasteiger partial charge is 0.251 e. The summed E-state index contributed by atoms with van der Waals surface area (Å²) >= 11 is 0. The fraction of sp³-hybridized carbons (Fsp3) is 0.538. The van der Waals surface area contributed by atoms with Crippen molar-refractivity contribution in [2.45, 2.75) is 20.4 Å². The molecule has 0 bridgehead atoms. The quantitative estimate of drug-likeness (QED) is 0.853. The van der Waals surface area contributed by atoms with Gasteiger partial charge in [-0.2, -0.15) is 0 Å². The molecule has 5 nitrogen and oxygen atoms in total. The summed E-state index contributed by atoms with van der Waals surface area (Å²) in [7, 11) is 0. The van der Waals surface area contributed by atoms with Gasteiger partial charge in [0.25, 0.3) is 11.5 Å². The summed E-state index contributed by atoms with van der Waals surface area (Å²) < 4.78 is 6.67. The predicted molar refractivity (Wildman–Crippen MR) is 67.6 cm³/mol. The number of nitrogens with one attached hydrogen (secondary N) is 1. The van der Waals surface area contributed by atoms with Gasteiger partial charge in [-0.05, 0) is 13.0 Å². The fourth-order valence-corrected chi connectivity index (χ4v) is 1.86. The largest absolute Gasteiger partial charge is 0.380 e. The number of nitrogens with zero attached hydrogens (tertiary/aromatic N) is 1. The van der Waals surface area contributed by atoms with Crippen LogP contribution in [0, 0.1) is 5.41 Å². The number of carbonyl (C=O) groups is 1. The molecule has 1 fully saturated rings. The van der Waals surface area contributed by atoms with E-state index in [0.717, 1.165) is 0 Å². The summed E-state index contributed by atoms with van der Waals surface area (Å²) in [5.41, 5.74) is 0.297. The Balaban J connectivity index is 2.00. The SMILES string of the molecule is CCn1ccc(C(=O)NCC2(C)COC2)cc1=O. The molecule has 0 radical (unpaired) electrons. The van der Waals surface area contributed by atoms with Gasteiger partial charge in [-0.15, -0.1) is 0 Å². The van der Waals surface area contributed by atoms with Crippen molar-refractivity contribution in [3.63, 3.8) is 0 Å². The Labute approximate surface area is 106 Å².